The van der Waals surface area contributed by atoms with Gasteiger partial charge < -0.3 is 19.7 Å². The Labute approximate surface area is 205 Å². The molecule has 35 heavy (non-hydrogen) atoms. The van der Waals surface area contributed by atoms with Crippen molar-refractivity contribution >= 4 is 11.8 Å². The second-order valence-electron chi connectivity index (χ2n) is 8.43. The Hall–Kier alpha value is -3.91. The minimum Gasteiger partial charge on any atom is -0.493 e. The van der Waals surface area contributed by atoms with Crippen LogP contribution < -0.4 is 14.8 Å². The Morgan fingerprint density at radius 1 is 1.03 bits per heavy atom. The van der Waals surface area contributed by atoms with E-state index in [1.54, 1.807) is 44.6 Å². The molecule has 1 aromatic heterocycles. The van der Waals surface area contributed by atoms with Crippen LogP contribution in [0.1, 0.15) is 38.0 Å². The SMILES string of the molecule is CNC(=O)c1cccc([C@@H]2CN(C(=O)c3ccc(OC)c(OCc4ccccn4)c3)CCN2C)c1. The molecule has 0 bridgehead atoms. The molecule has 1 fully saturated rings. The first kappa shape index (κ1) is 24.2. The highest BCUT2D eigenvalue weighted by atomic mass is 16.5. The summed E-state index contributed by atoms with van der Waals surface area (Å²) in [5.41, 5.74) is 2.92. The van der Waals surface area contributed by atoms with Crippen molar-refractivity contribution in [3.8, 4) is 11.5 Å². The smallest absolute Gasteiger partial charge is 0.254 e. The molecule has 182 valence electrons. The van der Waals surface area contributed by atoms with Gasteiger partial charge in [-0.3, -0.25) is 19.5 Å². The molecule has 2 amide bonds. The number of carbonyl (C=O) groups is 2. The fraction of sp³-hybridized carbons (Fsp3) is 0.296. The van der Waals surface area contributed by atoms with Crippen LogP contribution in [0.4, 0.5) is 0 Å². The van der Waals surface area contributed by atoms with E-state index in [1.807, 2.05) is 48.3 Å². The number of nitrogens with zero attached hydrogens (tertiary/aromatic N) is 3. The number of rotatable bonds is 7. The molecule has 8 nitrogen and oxygen atoms in total. The highest BCUT2D eigenvalue weighted by Crippen LogP contribution is 2.31. The molecule has 0 radical (unpaired) electrons. The maximum Gasteiger partial charge on any atom is 0.254 e. The van der Waals surface area contributed by atoms with Gasteiger partial charge in [0.25, 0.3) is 11.8 Å². The summed E-state index contributed by atoms with van der Waals surface area (Å²) in [7, 11) is 5.23. The van der Waals surface area contributed by atoms with Crippen LogP contribution in [0.2, 0.25) is 0 Å². The highest BCUT2D eigenvalue weighted by Gasteiger charge is 2.29. The third kappa shape index (κ3) is 5.60. The van der Waals surface area contributed by atoms with Gasteiger partial charge in [0.1, 0.15) is 6.61 Å². The molecule has 4 rings (SSSR count). The number of hydrogen-bond donors (Lipinski definition) is 1. The Morgan fingerprint density at radius 2 is 1.89 bits per heavy atom. The number of pyridine rings is 1. The second-order valence-corrected chi connectivity index (χ2v) is 8.43. The first-order chi connectivity index (χ1) is 17.0. The Morgan fingerprint density at radius 3 is 2.63 bits per heavy atom. The molecule has 2 aromatic carbocycles. The van der Waals surface area contributed by atoms with Gasteiger partial charge in [0, 0.05) is 44.0 Å². The minimum atomic E-state index is -0.130. The lowest BCUT2D eigenvalue weighted by atomic mass is 9.99. The fourth-order valence-corrected chi connectivity index (χ4v) is 4.19. The zero-order valence-corrected chi connectivity index (χ0v) is 20.2. The number of carbonyl (C=O) groups excluding carboxylic acids is 2. The van der Waals surface area contributed by atoms with Crippen LogP contribution in [0.5, 0.6) is 11.5 Å². The zero-order chi connectivity index (χ0) is 24.8. The van der Waals surface area contributed by atoms with E-state index >= 15 is 0 Å². The molecule has 0 spiro atoms. The van der Waals surface area contributed by atoms with Crippen molar-refractivity contribution < 1.29 is 19.1 Å². The van der Waals surface area contributed by atoms with Gasteiger partial charge in [-0.25, -0.2) is 0 Å². The quantitative estimate of drug-likeness (QED) is 0.566. The van der Waals surface area contributed by atoms with E-state index in [9.17, 15) is 9.59 Å². The number of nitrogens with one attached hydrogen (secondary N) is 1. The van der Waals surface area contributed by atoms with Crippen LogP contribution in [-0.4, -0.2) is 67.4 Å². The van der Waals surface area contributed by atoms with Crippen LogP contribution in [0.25, 0.3) is 0 Å². The standard InChI is InChI=1S/C27H30N4O4/c1-28-26(32)20-8-6-7-19(15-20)23-17-31(14-13-30(23)2)27(33)21-10-11-24(34-3)25(16-21)35-18-22-9-4-5-12-29-22/h4-12,15-16,23H,13-14,17-18H2,1-3H3,(H,28,32)/t23-/m0/s1. The largest absolute Gasteiger partial charge is 0.493 e. The molecule has 0 unspecified atom stereocenters. The van der Waals surface area contributed by atoms with Crippen LogP contribution >= 0.6 is 0 Å². The van der Waals surface area contributed by atoms with Crippen LogP contribution in [-0.2, 0) is 6.61 Å². The van der Waals surface area contributed by atoms with Gasteiger partial charge in [-0.1, -0.05) is 18.2 Å². The summed E-state index contributed by atoms with van der Waals surface area (Å²) in [6.45, 7) is 2.12. The molecule has 0 aliphatic carbocycles. The molecule has 1 aliphatic heterocycles. The summed E-state index contributed by atoms with van der Waals surface area (Å²) >= 11 is 0. The highest BCUT2D eigenvalue weighted by molar-refractivity contribution is 5.95. The Bertz CT molecular complexity index is 1180. The number of ether oxygens (including phenoxy) is 2. The molecular formula is C27H30N4O4. The molecule has 1 aliphatic rings. The van der Waals surface area contributed by atoms with Gasteiger partial charge in [-0.05, 0) is 55.1 Å². The van der Waals surface area contributed by atoms with E-state index < -0.39 is 0 Å². The average Bonchev–Trinajstić information content (AvgIpc) is 2.91. The topological polar surface area (TPSA) is 84.0 Å². The van der Waals surface area contributed by atoms with E-state index in [0.29, 0.717) is 35.7 Å². The van der Waals surface area contributed by atoms with Crippen molar-refractivity contribution in [2.75, 3.05) is 40.8 Å². The van der Waals surface area contributed by atoms with Gasteiger partial charge in [-0.15, -0.1) is 0 Å². The van der Waals surface area contributed by atoms with Crippen LogP contribution in [0, 0.1) is 0 Å². The normalized spacial score (nSPS) is 16.0. The lowest BCUT2D eigenvalue weighted by Crippen LogP contribution is -2.49. The summed E-state index contributed by atoms with van der Waals surface area (Å²) in [5.74, 6) is 0.846. The number of aromatic nitrogens is 1. The van der Waals surface area contributed by atoms with Crippen molar-refractivity contribution in [2.45, 2.75) is 12.6 Å². The third-order valence-electron chi connectivity index (χ3n) is 6.21. The van der Waals surface area contributed by atoms with E-state index in [-0.39, 0.29) is 24.5 Å². The van der Waals surface area contributed by atoms with Crippen LogP contribution in [0.15, 0.2) is 66.9 Å². The number of piperazine rings is 1. The lowest BCUT2D eigenvalue weighted by Gasteiger charge is -2.40. The molecular weight excluding hydrogens is 444 g/mol. The first-order valence-electron chi connectivity index (χ1n) is 11.5. The summed E-state index contributed by atoms with van der Waals surface area (Å²) in [5, 5.41) is 2.66. The average molecular weight is 475 g/mol. The Kier molecular flexibility index (Phi) is 7.62. The van der Waals surface area contributed by atoms with Crippen LogP contribution in [0.3, 0.4) is 0 Å². The van der Waals surface area contributed by atoms with E-state index in [4.69, 9.17) is 9.47 Å². The molecule has 2 heterocycles. The van der Waals surface area contributed by atoms with Crippen molar-refractivity contribution in [1.82, 2.24) is 20.1 Å². The van der Waals surface area contributed by atoms with Crippen molar-refractivity contribution in [1.29, 1.82) is 0 Å². The maximum atomic E-state index is 13.5. The molecule has 0 saturated carbocycles. The molecule has 8 heteroatoms. The first-order valence-corrected chi connectivity index (χ1v) is 11.5. The second kappa shape index (κ2) is 11.0. The number of likely N-dealkylation sites (N-methyl/N-ethyl adjacent to an activating group) is 1. The molecule has 1 saturated heterocycles. The van der Waals surface area contributed by atoms with Gasteiger partial charge in [0.2, 0.25) is 0 Å². The Balaban J connectivity index is 1.52. The summed E-state index contributed by atoms with van der Waals surface area (Å²) < 4.78 is 11.4. The third-order valence-corrected chi connectivity index (χ3v) is 6.21. The molecule has 1 N–H and O–H groups in total. The van der Waals surface area contributed by atoms with Crippen molar-refractivity contribution in [3.05, 3.63) is 89.2 Å². The van der Waals surface area contributed by atoms with Gasteiger partial charge in [-0.2, -0.15) is 0 Å². The number of benzene rings is 2. The van der Waals surface area contributed by atoms with Gasteiger partial charge in [0.05, 0.1) is 18.8 Å². The van der Waals surface area contributed by atoms with Gasteiger partial charge >= 0.3 is 0 Å². The predicted octanol–water partition coefficient (Wildman–Crippen LogP) is 3.16. The molecule has 3 aromatic rings. The van der Waals surface area contributed by atoms with E-state index in [0.717, 1.165) is 17.8 Å². The monoisotopic (exact) mass is 474 g/mol. The predicted molar refractivity (Wildman–Crippen MR) is 133 cm³/mol. The van der Waals surface area contributed by atoms with Crippen molar-refractivity contribution in [2.24, 2.45) is 0 Å². The summed E-state index contributed by atoms with van der Waals surface area (Å²) in [4.78, 5) is 33.9. The van der Waals surface area contributed by atoms with Crippen molar-refractivity contribution in [3.63, 3.8) is 0 Å². The van der Waals surface area contributed by atoms with E-state index in [1.165, 1.54) is 0 Å². The summed E-state index contributed by atoms with van der Waals surface area (Å²) in [6.07, 6.45) is 1.71. The number of methoxy groups -OCH3 is 1. The van der Waals surface area contributed by atoms with E-state index in [2.05, 4.69) is 15.2 Å². The molecule has 1 atom stereocenters. The van der Waals surface area contributed by atoms with Gasteiger partial charge in [0.15, 0.2) is 11.5 Å². The minimum absolute atomic E-state index is 0.0181. The number of hydrogen-bond acceptors (Lipinski definition) is 6. The zero-order valence-electron chi connectivity index (χ0n) is 20.2. The summed E-state index contributed by atoms with van der Waals surface area (Å²) in [6, 6.07) is 18.4. The maximum absolute atomic E-state index is 13.5. The fourth-order valence-electron chi connectivity index (χ4n) is 4.19. The number of amides is 2. The lowest BCUT2D eigenvalue weighted by molar-refractivity contribution is 0.0545.